The molecule has 0 spiro atoms. The molecular weight excluding hydrogens is 410 g/mol. The zero-order chi connectivity index (χ0) is 21.9. The molecule has 9 nitrogen and oxygen atoms in total. The monoisotopic (exact) mass is 437 g/mol. The van der Waals surface area contributed by atoms with Crippen LogP contribution < -0.4 is 10.0 Å². The number of hydrogen-bond acceptors (Lipinski definition) is 6. The zero-order valence-corrected chi connectivity index (χ0v) is 18.1. The van der Waals surface area contributed by atoms with Gasteiger partial charge in [0, 0.05) is 24.5 Å². The maximum absolute atomic E-state index is 12.7. The van der Waals surface area contributed by atoms with E-state index in [1.165, 1.54) is 12.1 Å². The van der Waals surface area contributed by atoms with E-state index in [2.05, 4.69) is 10.0 Å². The van der Waals surface area contributed by atoms with Crippen molar-refractivity contribution in [1.82, 2.24) is 14.9 Å². The van der Waals surface area contributed by atoms with Gasteiger partial charge in [-0.2, -0.15) is 0 Å². The van der Waals surface area contributed by atoms with Crippen LogP contribution in [0.5, 0.6) is 0 Å². The molecule has 0 aromatic carbocycles. The van der Waals surface area contributed by atoms with Gasteiger partial charge in [0.15, 0.2) is 5.76 Å². The number of sulfonamides is 1. The summed E-state index contributed by atoms with van der Waals surface area (Å²) in [6.45, 7) is 6.26. The number of carbonyl (C=O) groups is 2. The van der Waals surface area contributed by atoms with Gasteiger partial charge < -0.3 is 19.1 Å². The van der Waals surface area contributed by atoms with E-state index in [1.54, 1.807) is 44.1 Å². The molecule has 0 unspecified atom stereocenters. The van der Waals surface area contributed by atoms with E-state index in [1.807, 2.05) is 0 Å². The number of nitrogens with zero attached hydrogens (tertiary/aromatic N) is 1. The predicted molar refractivity (Wildman–Crippen MR) is 108 cm³/mol. The Bertz CT molecular complexity index is 980. The number of piperidine rings is 1. The van der Waals surface area contributed by atoms with E-state index in [0.717, 1.165) is 0 Å². The fourth-order valence-corrected chi connectivity index (χ4v) is 4.62. The summed E-state index contributed by atoms with van der Waals surface area (Å²) < 4.78 is 37.7. The van der Waals surface area contributed by atoms with E-state index >= 15 is 0 Å². The molecule has 2 aromatic rings. The van der Waals surface area contributed by atoms with Gasteiger partial charge in [-0.15, -0.1) is 0 Å². The third-order valence-corrected chi connectivity index (χ3v) is 6.30. The highest BCUT2D eigenvalue weighted by atomic mass is 32.2. The highest BCUT2D eigenvalue weighted by Gasteiger charge is 2.31. The minimum absolute atomic E-state index is 0.0370. The molecule has 1 fully saturated rings. The Labute approximate surface area is 175 Å². The van der Waals surface area contributed by atoms with Crippen LogP contribution >= 0.6 is 0 Å². The number of amides is 2. The second kappa shape index (κ2) is 8.65. The van der Waals surface area contributed by atoms with E-state index in [9.17, 15) is 18.0 Å². The van der Waals surface area contributed by atoms with Crippen LogP contribution in [-0.4, -0.2) is 43.8 Å². The Kier molecular flexibility index (Phi) is 6.37. The van der Waals surface area contributed by atoms with Gasteiger partial charge in [-0.3, -0.25) is 9.59 Å². The van der Waals surface area contributed by atoms with Crippen molar-refractivity contribution in [2.75, 3.05) is 13.1 Å². The maximum Gasteiger partial charge on any atom is 0.289 e. The van der Waals surface area contributed by atoms with Crippen molar-refractivity contribution in [3.8, 4) is 0 Å². The van der Waals surface area contributed by atoms with Crippen LogP contribution in [0.2, 0.25) is 0 Å². The second-order valence-electron chi connectivity index (χ2n) is 8.34. The molecule has 2 aromatic heterocycles. The highest BCUT2D eigenvalue weighted by molar-refractivity contribution is 7.89. The number of rotatable bonds is 6. The molecule has 0 atom stereocenters. The van der Waals surface area contributed by atoms with Gasteiger partial charge in [0.05, 0.1) is 12.8 Å². The molecule has 2 N–H and O–H groups in total. The fourth-order valence-electron chi connectivity index (χ4n) is 3.27. The average Bonchev–Trinajstić information content (AvgIpc) is 3.36. The van der Waals surface area contributed by atoms with Crippen LogP contribution in [-0.2, 0) is 21.4 Å². The van der Waals surface area contributed by atoms with Gasteiger partial charge in [-0.1, -0.05) is 0 Å². The third kappa shape index (κ3) is 5.51. The van der Waals surface area contributed by atoms with Crippen molar-refractivity contribution >= 4 is 21.8 Å². The van der Waals surface area contributed by atoms with E-state index < -0.39 is 15.6 Å². The van der Waals surface area contributed by atoms with Crippen LogP contribution in [0.4, 0.5) is 0 Å². The summed E-state index contributed by atoms with van der Waals surface area (Å²) in [6.07, 6.45) is 2.59. The van der Waals surface area contributed by atoms with Crippen LogP contribution in [0.1, 0.15) is 49.9 Å². The molecule has 30 heavy (non-hydrogen) atoms. The summed E-state index contributed by atoms with van der Waals surface area (Å²) in [4.78, 5) is 26.6. The summed E-state index contributed by atoms with van der Waals surface area (Å²) in [5.41, 5.74) is -0.671. The van der Waals surface area contributed by atoms with E-state index in [-0.39, 0.29) is 28.6 Å². The molecule has 0 radical (unpaired) electrons. The lowest BCUT2D eigenvalue weighted by molar-refractivity contribution is -0.126. The van der Waals surface area contributed by atoms with Crippen LogP contribution in [0.15, 0.2) is 44.5 Å². The first-order valence-electron chi connectivity index (χ1n) is 9.78. The Morgan fingerprint density at radius 3 is 2.47 bits per heavy atom. The van der Waals surface area contributed by atoms with E-state index in [0.29, 0.717) is 38.2 Å². The number of hydrogen-bond donors (Lipinski definition) is 2. The summed E-state index contributed by atoms with van der Waals surface area (Å²) in [5, 5.41) is 2.54. The Morgan fingerprint density at radius 1 is 1.17 bits per heavy atom. The minimum Gasteiger partial charge on any atom is -0.467 e. The summed E-state index contributed by atoms with van der Waals surface area (Å²) >= 11 is 0. The van der Waals surface area contributed by atoms with Crippen molar-refractivity contribution in [2.24, 2.45) is 5.92 Å². The fraction of sp³-hybridized carbons (Fsp3) is 0.500. The molecule has 164 valence electrons. The molecule has 0 saturated carbocycles. The van der Waals surface area contributed by atoms with Crippen molar-refractivity contribution < 1.29 is 26.8 Å². The number of carbonyl (C=O) groups excluding carboxylic acids is 2. The summed E-state index contributed by atoms with van der Waals surface area (Å²) in [5.74, 6) is -0.00202. The maximum atomic E-state index is 12.7. The lowest BCUT2D eigenvalue weighted by Crippen LogP contribution is -2.42. The molecule has 0 bridgehead atoms. The molecule has 10 heteroatoms. The lowest BCUT2D eigenvalue weighted by Gasteiger charge is -2.30. The first-order valence-corrected chi connectivity index (χ1v) is 11.3. The Balaban J connectivity index is 1.54. The van der Waals surface area contributed by atoms with Gasteiger partial charge in [-0.05, 0) is 57.9 Å². The standard InChI is InChI=1S/C20H27N3O6S/c1-20(2,3)22-30(26,27)17-7-6-16(29-17)19(25)23-10-8-14(9-11-23)18(24)21-13-15-5-4-12-28-15/h4-7,12,14,22H,8-11,13H2,1-3H3,(H,21,24). The zero-order valence-electron chi connectivity index (χ0n) is 17.3. The highest BCUT2D eigenvalue weighted by Crippen LogP contribution is 2.22. The van der Waals surface area contributed by atoms with Crippen LogP contribution in [0.25, 0.3) is 0 Å². The molecular formula is C20H27N3O6S. The van der Waals surface area contributed by atoms with Crippen molar-refractivity contribution in [1.29, 1.82) is 0 Å². The topological polar surface area (TPSA) is 122 Å². The van der Waals surface area contributed by atoms with Gasteiger partial charge >= 0.3 is 0 Å². The number of furan rings is 2. The molecule has 3 rings (SSSR count). The molecule has 1 saturated heterocycles. The minimum atomic E-state index is -3.85. The van der Waals surface area contributed by atoms with E-state index in [4.69, 9.17) is 8.83 Å². The van der Waals surface area contributed by atoms with Crippen molar-refractivity contribution in [2.45, 2.75) is 50.8 Å². The molecule has 2 amide bonds. The molecule has 0 aliphatic carbocycles. The van der Waals surface area contributed by atoms with Crippen molar-refractivity contribution in [3.05, 3.63) is 42.0 Å². The second-order valence-corrected chi connectivity index (χ2v) is 9.95. The largest absolute Gasteiger partial charge is 0.467 e. The molecule has 1 aliphatic rings. The molecule has 1 aliphatic heterocycles. The number of nitrogens with one attached hydrogen (secondary N) is 2. The first kappa shape index (κ1) is 22.1. The number of likely N-dealkylation sites (tertiary alicyclic amines) is 1. The normalized spacial score (nSPS) is 15.9. The van der Waals surface area contributed by atoms with Gasteiger partial charge in [0.25, 0.3) is 15.9 Å². The smallest absolute Gasteiger partial charge is 0.289 e. The predicted octanol–water partition coefficient (Wildman–Crippen LogP) is 2.12. The molecule has 3 heterocycles. The average molecular weight is 438 g/mol. The quantitative estimate of drug-likeness (QED) is 0.714. The third-order valence-electron chi connectivity index (χ3n) is 4.67. The van der Waals surface area contributed by atoms with Crippen LogP contribution in [0.3, 0.4) is 0 Å². The van der Waals surface area contributed by atoms with Gasteiger partial charge in [-0.25, -0.2) is 13.1 Å². The Hall–Kier alpha value is -2.59. The first-order chi connectivity index (χ1) is 14.0. The lowest BCUT2D eigenvalue weighted by atomic mass is 9.95. The van der Waals surface area contributed by atoms with Crippen molar-refractivity contribution in [3.63, 3.8) is 0 Å². The Morgan fingerprint density at radius 2 is 1.87 bits per heavy atom. The van der Waals surface area contributed by atoms with Gasteiger partial charge in [0.1, 0.15) is 5.76 Å². The van der Waals surface area contributed by atoms with Crippen LogP contribution in [0, 0.1) is 5.92 Å². The summed E-state index contributed by atoms with van der Waals surface area (Å²) in [6, 6.07) is 6.18. The summed E-state index contributed by atoms with van der Waals surface area (Å²) in [7, 11) is -3.85. The SMILES string of the molecule is CC(C)(C)NS(=O)(=O)c1ccc(C(=O)N2CCC(C(=O)NCc3ccco3)CC2)o1. The van der Waals surface area contributed by atoms with Gasteiger partial charge in [0.2, 0.25) is 11.0 Å².